The van der Waals surface area contributed by atoms with Crippen LogP contribution in [0, 0.1) is 5.92 Å². The van der Waals surface area contributed by atoms with Gasteiger partial charge in [0.05, 0.1) is 14.2 Å². The molecule has 0 aliphatic carbocycles. The number of hydrogen-bond donors (Lipinski definition) is 0. The van der Waals surface area contributed by atoms with E-state index >= 15 is 0 Å². The van der Waals surface area contributed by atoms with E-state index in [-0.39, 0.29) is 5.92 Å². The summed E-state index contributed by atoms with van der Waals surface area (Å²) in [5.74, 6) is 2.08. The van der Waals surface area contributed by atoms with Gasteiger partial charge in [0.25, 0.3) is 0 Å². The minimum absolute atomic E-state index is 0.194. The highest BCUT2D eigenvalue weighted by Gasteiger charge is 2.29. The topological polar surface area (TPSA) is 45.2 Å². The maximum Gasteiger partial charge on any atom is 0.225 e. The van der Waals surface area contributed by atoms with E-state index in [0.29, 0.717) is 5.91 Å². The SMILES string of the molecule is COc1ccc(CN2CCC(C(=O)N3CCN(C)CC3)CC2)cc1OC. The van der Waals surface area contributed by atoms with Crippen molar-refractivity contribution in [3.05, 3.63) is 23.8 Å². The first-order chi connectivity index (χ1) is 12.6. The molecule has 1 amide bonds. The summed E-state index contributed by atoms with van der Waals surface area (Å²) in [6.45, 7) is 6.56. The lowest BCUT2D eigenvalue weighted by Crippen LogP contribution is -2.50. The van der Waals surface area contributed by atoms with Crippen LogP contribution >= 0.6 is 0 Å². The van der Waals surface area contributed by atoms with Crippen molar-refractivity contribution in [3.63, 3.8) is 0 Å². The van der Waals surface area contributed by atoms with Gasteiger partial charge in [-0.1, -0.05) is 6.07 Å². The molecule has 2 aliphatic heterocycles. The minimum atomic E-state index is 0.194. The highest BCUT2D eigenvalue weighted by molar-refractivity contribution is 5.79. The fourth-order valence-corrected chi connectivity index (χ4v) is 3.86. The summed E-state index contributed by atoms with van der Waals surface area (Å²) < 4.78 is 10.7. The van der Waals surface area contributed by atoms with E-state index in [1.165, 1.54) is 5.56 Å². The van der Waals surface area contributed by atoms with E-state index in [1.807, 2.05) is 12.1 Å². The number of ether oxygens (including phenoxy) is 2. The molecule has 0 aromatic heterocycles. The summed E-state index contributed by atoms with van der Waals surface area (Å²) in [5, 5.41) is 0. The number of likely N-dealkylation sites (N-methyl/N-ethyl adjacent to an activating group) is 1. The van der Waals surface area contributed by atoms with Crippen LogP contribution in [0.5, 0.6) is 11.5 Å². The summed E-state index contributed by atoms with van der Waals surface area (Å²) in [4.78, 5) is 19.5. The van der Waals surface area contributed by atoms with Gasteiger partial charge in [0.15, 0.2) is 11.5 Å². The molecule has 0 spiro atoms. The number of benzene rings is 1. The summed E-state index contributed by atoms with van der Waals surface area (Å²) in [7, 11) is 5.44. The normalized spacial score (nSPS) is 20.2. The number of hydrogen-bond acceptors (Lipinski definition) is 5. The maximum absolute atomic E-state index is 12.7. The molecule has 2 heterocycles. The molecule has 6 heteroatoms. The molecule has 0 N–H and O–H groups in total. The molecule has 2 fully saturated rings. The second kappa shape index (κ2) is 8.73. The summed E-state index contributed by atoms with van der Waals surface area (Å²) in [6.07, 6.45) is 1.91. The number of rotatable bonds is 5. The van der Waals surface area contributed by atoms with Crippen molar-refractivity contribution < 1.29 is 14.3 Å². The Bertz CT molecular complexity index is 606. The number of nitrogens with zero attached hydrogens (tertiary/aromatic N) is 3. The maximum atomic E-state index is 12.7. The van der Waals surface area contributed by atoms with E-state index in [0.717, 1.165) is 70.2 Å². The van der Waals surface area contributed by atoms with Crippen LogP contribution in [0.3, 0.4) is 0 Å². The van der Waals surface area contributed by atoms with Gasteiger partial charge in [0, 0.05) is 38.6 Å². The van der Waals surface area contributed by atoms with E-state index in [2.05, 4.69) is 27.8 Å². The first-order valence-electron chi connectivity index (χ1n) is 9.51. The van der Waals surface area contributed by atoms with Crippen molar-refractivity contribution in [2.24, 2.45) is 5.92 Å². The third-order valence-corrected chi connectivity index (χ3v) is 5.61. The lowest BCUT2D eigenvalue weighted by molar-refractivity contribution is -0.138. The molecule has 0 radical (unpaired) electrons. The average molecular weight is 361 g/mol. The van der Waals surface area contributed by atoms with Gasteiger partial charge < -0.3 is 19.3 Å². The van der Waals surface area contributed by atoms with Gasteiger partial charge in [-0.15, -0.1) is 0 Å². The number of likely N-dealkylation sites (tertiary alicyclic amines) is 1. The van der Waals surface area contributed by atoms with Crippen molar-refractivity contribution in [1.82, 2.24) is 14.7 Å². The largest absolute Gasteiger partial charge is 0.493 e. The Morgan fingerprint density at radius 2 is 1.65 bits per heavy atom. The highest BCUT2D eigenvalue weighted by Crippen LogP contribution is 2.29. The zero-order valence-electron chi connectivity index (χ0n) is 16.2. The molecule has 144 valence electrons. The zero-order valence-corrected chi connectivity index (χ0v) is 16.2. The Morgan fingerprint density at radius 1 is 1.00 bits per heavy atom. The average Bonchev–Trinajstić information content (AvgIpc) is 2.68. The Labute approximate surface area is 156 Å². The van der Waals surface area contributed by atoms with E-state index < -0.39 is 0 Å². The summed E-state index contributed by atoms with van der Waals surface area (Å²) in [6, 6.07) is 6.08. The highest BCUT2D eigenvalue weighted by atomic mass is 16.5. The van der Waals surface area contributed by atoms with Crippen molar-refractivity contribution >= 4 is 5.91 Å². The Hall–Kier alpha value is -1.79. The molecule has 1 aromatic carbocycles. The quantitative estimate of drug-likeness (QED) is 0.799. The number of piperazine rings is 1. The molecule has 26 heavy (non-hydrogen) atoms. The second-order valence-corrected chi connectivity index (χ2v) is 7.37. The second-order valence-electron chi connectivity index (χ2n) is 7.37. The van der Waals surface area contributed by atoms with Gasteiger partial charge in [-0.05, 0) is 50.7 Å². The molecule has 2 saturated heterocycles. The van der Waals surface area contributed by atoms with E-state index in [4.69, 9.17) is 9.47 Å². The molecule has 1 aromatic rings. The Balaban J connectivity index is 1.50. The molecule has 0 atom stereocenters. The third kappa shape index (κ3) is 4.48. The van der Waals surface area contributed by atoms with Gasteiger partial charge >= 0.3 is 0 Å². The molecular formula is C20H31N3O3. The molecule has 0 bridgehead atoms. The number of piperidine rings is 1. The molecule has 6 nitrogen and oxygen atoms in total. The van der Waals surface area contributed by atoms with Gasteiger partial charge in [-0.25, -0.2) is 0 Å². The molecule has 3 rings (SSSR count). The van der Waals surface area contributed by atoms with E-state index in [9.17, 15) is 4.79 Å². The third-order valence-electron chi connectivity index (χ3n) is 5.61. The first-order valence-corrected chi connectivity index (χ1v) is 9.51. The Morgan fingerprint density at radius 3 is 2.27 bits per heavy atom. The van der Waals surface area contributed by atoms with Crippen molar-refractivity contribution in [3.8, 4) is 11.5 Å². The molecular weight excluding hydrogens is 330 g/mol. The fraction of sp³-hybridized carbons (Fsp3) is 0.650. The number of carbonyl (C=O) groups excluding carboxylic acids is 1. The standard InChI is InChI=1S/C20H31N3O3/c1-21-10-12-23(13-11-21)20(24)17-6-8-22(9-7-17)15-16-4-5-18(25-2)19(14-16)26-3/h4-5,14,17H,6-13,15H2,1-3H3. The predicted molar refractivity (Wildman–Crippen MR) is 102 cm³/mol. The van der Waals surface area contributed by atoms with Crippen LogP contribution in [0.4, 0.5) is 0 Å². The Kier molecular flexibility index (Phi) is 6.38. The molecule has 0 saturated carbocycles. The van der Waals surface area contributed by atoms with Crippen LogP contribution in [-0.2, 0) is 11.3 Å². The summed E-state index contributed by atoms with van der Waals surface area (Å²) >= 11 is 0. The van der Waals surface area contributed by atoms with Crippen LogP contribution in [0.15, 0.2) is 18.2 Å². The van der Waals surface area contributed by atoms with Gasteiger partial charge in [0.2, 0.25) is 5.91 Å². The number of carbonyl (C=O) groups is 1. The molecule has 2 aliphatic rings. The fourth-order valence-electron chi connectivity index (χ4n) is 3.86. The van der Waals surface area contributed by atoms with Crippen molar-refractivity contribution in [1.29, 1.82) is 0 Å². The van der Waals surface area contributed by atoms with Gasteiger partial charge in [-0.2, -0.15) is 0 Å². The lowest BCUT2D eigenvalue weighted by atomic mass is 9.94. The monoisotopic (exact) mass is 361 g/mol. The number of amides is 1. The van der Waals surface area contributed by atoms with Crippen molar-refractivity contribution in [2.45, 2.75) is 19.4 Å². The van der Waals surface area contributed by atoms with Crippen LogP contribution in [-0.4, -0.2) is 81.1 Å². The first kappa shape index (κ1) is 19.0. The van der Waals surface area contributed by atoms with Gasteiger partial charge in [0.1, 0.15) is 0 Å². The zero-order chi connectivity index (χ0) is 18.5. The molecule has 0 unspecified atom stereocenters. The van der Waals surface area contributed by atoms with Crippen LogP contribution in [0.25, 0.3) is 0 Å². The number of methoxy groups -OCH3 is 2. The smallest absolute Gasteiger partial charge is 0.225 e. The minimum Gasteiger partial charge on any atom is -0.493 e. The predicted octanol–water partition coefficient (Wildman–Crippen LogP) is 1.69. The van der Waals surface area contributed by atoms with Crippen LogP contribution < -0.4 is 9.47 Å². The van der Waals surface area contributed by atoms with Crippen LogP contribution in [0.2, 0.25) is 0 Å². The van der Waals surface area contributed by atoms with E-state index in [1.54, 1.807) is 14.2 Å². The summed E-state index contributed by atoms with van der Waals surface area (Å²) in [5.41, 5.74) is 1.21. The van der Waals surface area contributed by atoms with Gasteiger partial charge in [-0.3, -0.25) is 9.69 Å². The van der Waals surface area contributed by atoms with Crippen LogP contribution in [0.1, 0.15) is 18.4 Å². The van der Waals surface area contributed by atoms with Crippen molar-refractivity contribution in [2.75, 3.05) is 60.5 Å². The lowest BCUT2D eigenvalue weighted by Gasteiger charge is -2.37.